The molecule has 2 aromatic rings. The van der Waals surface area contributed by atoms with E-state index < -0.39 is 5.97 Å². The monoisotopic (exact) mass is 292 g/mol. The van der Waals surface area contributed by atoms with Gasteiger partial charge in [-0.3, -0.25) is 4.79 Å². The number of rotatable bonds is 5. The van der Waals surface area contributed by atoms with E-state index in [1.807, 2.05) is 0 Å². The summed E-state index contributed by atoms with van der Waals surface area (Å²) in [6.07, 6.45) is 0.690. The van der Waals surface area contributed by atoms with Crippen LogP contribution >= 0.6 is 11.3 Å². The smallest absolute Gasteiger partial charge is 0.353 e. The molecular weight excluding hydrogens is 280 g/mol. The van der Waals surface area contributed by atoms with Crippen molar-refractivity contribution in [2.24, 2.45) is 0 Å². The third-order valence-electron chi connectivity index (χ3n) is 2.52. The topological polar surface area (TPSA) is 61.8 Å². The zero-order valence-corrected chi connectivity index (χ0v) is 11.7. The number of hydrogen-bond acceptors (Lipinski definition) is 6. The Kier molecular flexibility index (Phi) is 4.37. The van der Waals surface area contributed by atoms with Crippen LogP contribution in [-0.4, -0.2) is 26.5 Å². The van der Waals surface area contributed by atoms with E-state index >= 15 is 0 Å². The maximum Gasteiger partial charge on any atom is 0.353 e. The van der Waals surface area contributed by atoms with Gasteiger partial charge in [-0.25, -0.2) is 4.79 Å². The van der Waals surface area contributed by atoms with E-state index in [1.54, 1.807) is 30.3 Å². The summed E-state index contributed by atoms with van der Waals surface area (Å²) in [6.45, 7) is 0. The van der Waals surface area contributed by atoms with Gasteiger partial charge < -0.3 is 14.2 Å². The van der Waals surface area contributed by atoms with Gasteiger partial charge in [-0.05, 0) is 24.3 Å². The molecule has 0 N–H and O–H groups in total. The van der Waals surface area contributed by atoms with E-state index in [0.29, 0.717) is 33.3 Å². The molecular formula is C14H12O5S. The van der Waals surface area contributed by atoms with Crippen molar-refractivity contribution in [3.05, 3.63) is 40.1 Å². The minimum atomic E-state index is -0.536. The fourth-order valence-corrected chi connectivity index (χ4v) is 2.23. The summed E-state index contributed by atoms with van der Waals surface area (Å²) in [4.78, 5) is 23.4. The molecule has 5 nitrogen and oxygen atoms in total. The number of carbonyl (C=O) groups excluding carboxylic acids is 2. The average Bonchev–Trinajstić information content (AvgIpc) is 2.96. The van der Waals surface area contributed by atoms with Crippen molar-refractivity contribution in [2.45, 2.75) is 0 Å². The second-order valence-electron chi connectivity index (χ2n) is 3.73. The van der Waals surface area contributed by atoms with E-state index in [9.17, 15) is 9.59 Å². The van der Waals surface area contributed by atoms with Crippen molar-refractivity contribution in [1.82, 2.24) is 0 Å². The van der Waals surface area contributed by atoms with E-state index in [0.717, 1.165) is 11.3 Å². The molecule has 6 heteroatoms. The van der Waals surface area contributed by atoms with E-state index in [1.165, 1.54) is 14.2 Å². The summed E-state index contributed by atoms with van der Waals surface area (Å²) < 4.78 is 15.5. The predicted octanol–water partition coefficient (Wildman–Crippen LogP) is 2.80. The van der Waals surface area contributed by atoms with Crippen molar-refractivity contribution in [3.8, 4) is 17.2 Å². The van der Waals surface area contributed by atoms with Gasteiger partial charge in [0.1, 0.15) is 10.6 Å². The maximum absolute atomic E-state index is 12.0. The summed E-state index contributed by atoms with van der Waals surface area (Å²) in [5.41, 5.74) is 0. The molecule has 1 aromatic heterocycles. The van der Waals surface area contributed by atoms with Crippen LogP contribution in [0.4, 0.5) is 0 Å². The van der Waals surface area contributed by atoms with Gasteiger partial charge in [-0.1, -0.05) is 0 Å². The quantitative estimate of drug-likeness (QED) is 0.482. The third kappa shape index (κ3) is 2.97. The van der Waals surface area contributed by atoms with Crippen LogP contribution < -0.4 is 14.2 Å². The highest BCUT2D eigenvalue weighted by Crippen LogP contribution is 2.32. The highest BCUT2D eigenvalue weighted by Gasteiger charge is 2.15. The van der Waals surface area contributed by atoms with E-state index in [4.69, 9.17) is 14.2 Å². The van der Waals surface area contributed by atoms with Crippen LogP contribution in [0, 0.1) is 0 Å². The molecule has 0 atom stereocenters. The first kappa shape index (κ1) is 14.1. The molecule has 0 saturated heterocycles. The number of ether oxygens (including phenoxy) is 3. The molecule has 1 heterocycles. The molecule has 0 radical (unpaired) electrons. The number of esters is 1. The van der Waals surface area contributed by atoms with Crippen LogP contribution in [-0.2, 0) is 0 Å². The first-order valence-corrected chi connectivity index (χ1v) is 6.48. The SMILES string of the molecule is COc1ccc(OC(=O)c2ccc(C=O)s2)c(OC)c1. The van der Waals surface area contributed by atoms with Gasteiger partial charge in [-0.2, -0.15) is 0 Å². The summed E-state index contributed by atoms with van der Waals surface area (Å²) in [5.74, 6) is 0.747. The molecule has 0 saturated carbocycles. The van der Waals surface area contributed by atoms with Gasteiger partial charge in [0.15, 0.2) is 17.8 Å². The summed E-state index contributed by atoms with van der Waals surface area (Å²) in [6, 6.07) is 7.99. The second-order valence-corrected chi connectivity index (χ2v) is 4.84. The Morgan fingerprint density at radius 3 is 2.50 bits per heavy atom. The standard InChI is InChI=1S/C14H12O5S/c1-17-9-3-5-11(12(7-9)18-2)19-14(16)13-6-4-10(8-15)20-13/h3-8H,1-2H3. The van der Waals surface area contributed by atoms with Crippen LogP contribution in [0.3, 0.4) is 0 Å². The average molecular weight is 292 g/mol. The summed E-state index contributed by atoms with van der Waals surface area (Å²) in [5, 5.41) is 0. The second kappa shape index (κ2) is 6.21. The molecule has 20 heavy (non-hydrogen) atoms. The van der Waals surface area contributed by atoms with E-state index in [-0.39, 0.29) is 0 Å². The number of methoxy groups -OCH3 is 2. The fraction of sp³-hybridized carbons (Fsp3) is 0.143. The molecule has 0 bridgehead atoms. The largest absolute Gasteiger partial charge is 0.497 e. The lowest BCUT2D eigenvalue weighted by Crippen LogP contribution is -2.07. The zero-order chi connectivity index (χ0) is 14.5. The van der Waals surface area contributed by atoms with Crippen molar-refractivity contribution in [3.63, 3.8) is 0 Å². The molecule has 0 amide bonds. The van der Waals surface area contributed by atoms with Crippen molar-refractivity contribution in [2.75, 3.05) is 14.2 Å². The number of benzene rings is 1. The fourth-order valence-electron chi connectivity index (χ4n) is 1.54. The lowest BCUT2D eigenvalue weighted by Gasteiger charge is -2.09. The van der Waals surface area contributed by atoms with Crippen LogP contribution in [0.5, 0.6) is 17.2 Å². The molecule has 0 aliphatic heterocycles. The summed E-state index contributed by atoms with van der Waals surface area (Å²) in [7, 11) is 3.01. The van der Waals surface area contributed by atoms with Gasteiger partial charge in [0, 0.05) is 6.07 Å². The molecule has 104 valence electrons. The summed E-state index contributed by atoms with van der Waals surface area (Å²) >= 11 is 1.07. The van der Waals surface area contributed by atoms with Crippen LogP contribution in [0.2, 0.25) is 0 Å². The van der Waals surface area contributed by atoms with Crippen molar-refractivity contribution >= 4 is 23.6 Å². The third-order valence-corrected chi connectivity index (χ3v) is 3.51. The predicted molar refractivity (Wildman–Crippen MR) is 74.2 cm³/mol. The van der Waals surface area contributed by atoms with Gasteiger partial charge in [0.2, 0.25) is 0 Å². The molecule has 0 spiro atoms. The number of hydrogen-bond donors (Lipinski definition) is 0. The lowest BCUT2D eigenvalue weighted by molar-refractivity contribution is 0.0734. The number of aldehydes is 1. The van der Waals surface area contributed by atoms with Crippen LogP contribution in [0.15, 0.2) is 30.3 Å². The van der Waals surface area contributed by atoms with Gasteiger partial charge >= 0.3 is 5.97 Å². The lowest BCUT2D eigenvalue weighted by atomic mass is 10.3. The number of carbonyl (C=O) groups is 2. The number of thiophene rings is 1. The molecule has 0 aliphatic carbocycles. The Labute approximate surface area is 119 Å². The highest BCUT2D eigenvalue weighted by molar-refractivity contribution is 7.15. The normalized spacial score (nSPS) is 9.90. The first-order chi connectivity index (χ1) is 9.67. The van der Waals surface area contributed by atoms with Gasteiger partial charge in [-0.15, -0.1) is 11.3 Å². The molecule has 0 unspecified atom stereocenters. The van der Waals surface area contributed by atoms with E-state index in [2.05, 4.69) is 0 Å². The maximum atomic E-state index is 12.0. The molecule has 0 fully saturated rings. The first-order valence-electron chi connectivity index (χ1n) is 5.67. The zero-order valence-electron chi connectivity index (χ0n) is 10.9. The van der Waals surface area contributed by atoms with Crippen LogP contribution in [0.25, 0.3) is 0 Å². The molecule has 1 aromatic carbocycles. The Bertz CT molecular complexity index is 632. The van der Waals surface area contributed by atoms with Gasteiger partial charge in [0.05, 0.1) is 19.1 Å². The molecule has 0 aliphatic rings. The minimum absolute atomic E-state index is 0.291. The highest BCUT2D eigenvalue weighted by atomic mass is 32.1. The Balaban J connectivity index is 2.20. The van der Waals surface area contributed by atoms with Gasteiger partial charge in [0.25, 0.3) is 0 Å². The van der Waals surface area contributed by atoms with Crippen molar-refractivity contribution < 1.29 is 23.8 Å². The minimum Gasteiger partial charge on any atom is -0.497 e. The Morgan fingerprint density at radius 1 is 1.10 bits per heavy atom. The Hall–Kier alpha value is -2.34. The van der Waals surface area contributed by atoms with Crippen LogP contribution in [0.1, 0.15) is 19.3 Å². The molecule has 2 rings (SSSR count). The Morgan fingerprint density at radius 2 is 1.90 bits per heavy atom. The van der Waals surface area contributed by atoms with Crippen molar-refractivity contribution in [1.29, 1.82) is 0 Å².